The zero-order valence-electron chi connectivity index (χ0n) is 11.0. The highest BCUT2D eigenvalue weighted by molar-refractivity contribution is 9.10. The molecule has 2 nitrogen and oxygen atoms in total. The standard InChI is InChI=1S/C14H23BrN2/c1-4-14(16-10-11-17(3)5-2)12-6-8-13(15)9-7-12/h6-9,14,16H,4-5,10-11H2,1-3H3. The van der Waals surface area contributed by atoms with Crippen LogP contribution in [0, 0.1) is 0 Å². The number of hydrogen-bond donors (Lipinski definition) is 1. The monoisotopic (exact) mass is 298 g/mol. The van der Waals surface area contributed by atoms with E-state index >= 15 is 0 Å². The zero-order valence-corrected chi connectivity index (χ0v) is 12.6. The lowest BCUT2D eigenvalue weighted by Crippen LogP contribution is -2.31. The van der Waals surface area contributed by atoms with Crippen LogP contribution in [0.3, 0.4) is 0 Å². The second-order valence-corrected chi connectivity index (χ2v) is 5.28. The van der Waals surface area contributed by atoms with Gasteiger partial charge in [0.1, 0.15) is 0 Å². The predicted octanol–water partition coefficient (Wildman–Crippen LogP) is 3.44. The first-order valence-corrected chi connectivity index (χ1v) is 7.14. The van der Waals surface area contributed by atoms with Gasteiger partial charge < -0.3 is 10.2 Å². The summed E-state index contributed by atoms with van der Waals surface area (Å²) >= 11 is 3.47. The number of nitrogens with zero attached hydrogens (tertiary/aromatic N) is 1. The van der Waals surface area contributed by atoms with Gasteiger partial charge in [0.25, 0.3) is 0 Å². The number of nitrogens with one attached hydrogen (secondary N) is 1. The SMILES string of the molecule is CCC(NCCN(C)CC)c1ccc(Br)cc1. The molecule has 3 heteroatoms. The molecule has 0 aliphatic carbocycles. The normalized spacial score (nSPS) is 13.0. The molecule has 0 saturated carbocycles. The van der Waals surface area contributed by atoms with Gasteiger partial charge in [-0.1, -0.05) is 41.9 Å². The van der Waals surface area contributed by atoms with E-state index in [1.165, 1.54) is 5.56 Å². The maximum absolute atomic E-state index is 3.61. The Morgan fingerprint density at radius 2 is 1.88 bits per heavy atom. The Hall–Kier alpha value is -0.380. The molecule has 0 aliphatic rings. The second-order valence-electron chi connectivity index (χ2n) is 4.36. The third-order valence-corrected chi connectivity index (χ3v) is 3.63. The molecule has 0 radical (unpaired) electrons. The van der Waals surface area contributed by atoms with Crippen molar-refractivity contribution in [2.45, 2.75) is 26.3 Å². The van der Waals surface area contributed by atoms with E-state index in [1.54, 1.807) is 0 Å². The molecule has 0 heterocycles. The number of hydrogen-bond acceptors (Lipinski definition) is 2. The molecule has 1 rings (SSSR count). The van der Waals surface area contributed by atoms with Crippen molar-refractivity contribution in [1.82, 2.24) is 10.2 Å². The highest BCUT2D eigenvalue weighted by atomic mass is 79.9. The van der Waals surface area contributed by atoms with Gasteiger partial charge in [-0.3, -0.25) is 0 Å². The summed E-state index contributed by atoms with van der Waals surface area (Å²) in [7, 11) is 2.16. The molecule has 0 spiro atoms. The van der Waals surface area contributed by atoms with Crippen molar-refractivity contribution in [2.75, 3.05) is 26.7 Å². The quantitative estimate of drug-likeness (QED) is 0.829. The molecule has 0 aromatic heterocycles. The van der Waals surface area contributed by atoms with E-state index in [-0.39, 0.29) is 0 Å². The molecule has 0 fully saturated rings. The Morgan fingerprint density at radius 1 is 1.24 bits per heavy atom. The Kier molecular flexibility index (Phi) is 6.78. The first kappa shape index (κ1) is 14.7. The topological polar surface area (TPSA) is 15.3 Å². The van der Waals surface area contributed by atoms with Crippen molar-refractivity contribution in [3.63, 3.8) is 0 Å². The first-order chi connectivity index (χ1) is 8.17. The van der Waals surface area contributed by atoms with Crippen molar-refractivity contribution >= 4 is 15.9 Å². The van der Waals surface area contributed by atoms with Crippen LogP contribution < -0.4 is 5.32 Å². The van der Waals surface area contributed by atoms with Crippen LogP contribution in [-0.4, -0.2) is 31.6 Å². The molecule has 1 unspecified atom stereocenters. The summed E-state index contributed by atoms with van der Waals surface area (Å²) in [6.45, 7) is 7.66. The summed E-state index contributed by atoms with van der Waals surface area (Å²) in [5, 5.41) is 3.61. The Balaban J connectivity index is 2.45. The molecule has 0 saturated heterocycles. The van der Waals surface area contributed by atoms with Crippen LogP contribution in [0.25, 0.3) is 0 Å². The van der Waals surface area contributed by atoms with Crippen molar-refractivity contribution in [3.05, 3.63) is 34.3 Å². The minimum absolute atomic E-state index is 0.466. The van der Waals surface area contributed by atoms with Crippen LogP contribution in [-0.2, 0) is 0 Å². The number of benzene rings is 1. The van der Waals surface area contributed by atoms with Crippen LogP contribution in [0.15, 0.2) is 28.7 Å². The highest BCUT2D eigenvalue weighted by Gasteiger charge is 2.08. The van der Waals surface area contributed by atoms with Gasteiger partial charge in [-0.05, 0) is 37.7 Å². The molecular formula is C14H23BrN2. The van der Waals surface area contributed by atoms with E-state index in [4.69, 9.17) is 0 Å². The smallest absolute Gasteiger partial charge is 0.0318 e. The summed E-state index contributed by atoms with van der Waals surface area (Å²) in [6.07, 6.45) is 1.12. The molecule has 17 heavy (non-hydrogen) atoms. The van der Waals surface area contributed by atoms with Crippen molar-refractivity contribution < 1.29 is 0 Å². The van der Waals surface area contributed by atoms with E-state index < -0.39 is 0 Å². The number of halogens is 1. The average Bonchev–Trinajstić information content (AvgIpc) is 2.35. The van der Waals surface area contributed by atoms with Gasteiger partial charge in [0.05, 0.1) is 0 Å². The maximum atomic E-state index is 3.61. The number of likely N-dealkylation sites (N-methyl/N-ethyl adjacent to an activating group) is 1. The lowest BCUT2D eigenvalue weighted by atomic mass is 10.0. The molecule has 1 N–H and O–H groups in total. The molecule has 1 aromatic carbocycles. The van der Waals surface area contributed by atoms with Crippen molar-refractivity contribution in [2.24, 2.45) is 0 Å². The van der Waals surface area contributed by atoms with E-state index in [1.807, 2.05) is 0 Å². The van der Waals surface area contributed by atoms with Gasteiger partial charge in [0, 0.05) is 23.6 Å². The van der Waals surface area contributed by atoms with Crippen LogP contribution in [0.2, 0.25) is 0 Å². The fraction of sp³-hybridized carbons (Fsp3) is 0.571. The van der Waals surface area contributed by atoms with Gasteiger partial charge in [-0.15, -0.1) is 0 Å². The summed E-state index contributed by atoms with van der Waals surface area (Å²) in [4.78, 5) is 2.32. The van der Waals surface area contributed by atoms with Crippen LogP contribution in [0.5, 0.6) is 0 Å². The molecule has 0 amide bonds. The zero-order chi connectivity index (χ0) is 12.7. The Bertz CT molecular complexity index is 311. The van der Waals surface area contributed by atoms with E-state index in [9.17, 15) is 0 Å². The summed E-state index contributed by atoms with van der Waals surface area (Å²) in [5.74, 6) is 0. The molecule has 0 bridgehead atoms. The molecule has 1 atom stereocenters. The highest BCUT2D eigenvalue weighted by Crippen LogP contribution is 2.19. The van der Waals surface area contributed by atoms with Crippen LogP contribution in [0.1, 0.15) is 31.9 Å². The first-order valence-electron chi connectivity index (χ1n) is 6.34. The third kappa shape index (κ3) is 5.19. The van der Waals surface area contributed by atoms with Gasteiger partial charge in [0.2, 0.25) is 0 Å². The molecule has 96 valence electrons. The minimum atomic E-state index is 0.466. The lowest BCUT2D eigenvalue weighted by molar-refractivity contribution is 0.338. The van der Waals surface area contributed by atoms with E-state index in [2.05, 4.69) is 71.3 Å². The van der Waals surface area contributed by atoms with Gasteiger partial charge in [-0.25, -0.2) is 0 Å². The fourth-order valence-corrected chi connectivity index (χ4v) is 2.05. The summed E-state index contributed by atoms with van der Waals surface area (Å²) in [5.41, 5.74) is 1.37. The van der Waals surface area contributed by atoms with E-state index in [0.717, 1.165) is 30.5 Å². The molecular weight excluding hydrogens is 276 g/mol. The number of rotatable bonds is 7. The van der Waals surface area contributed by atoms with Crippen molar-refractivity contribution in [3.8, 4) is 0 Å². The molecule has 1 aromatic rings. The second kappa shape index (κ2) is 7.85. The van der Waals surface area contributed by atoms with Crippen LogP contribution >= 0.6 is 15.9 Å². The third-order valence-electron chi connectivity index (χ3n) is 3.10. The average molecular weight is 299 g/mol. The van der Waals surface area contributed by atoms with E-state index in [0.29, 0.717) is 6.04 Å². The van der Waals surface area contributed by atoms with Crippen LogP contribution in [0.4, 0.5) is 0 Å². The largest absolute Gasteiger partial charge is 0.309 e. The van der Waals surface area contributed by atoms with Gasteiger partial charge in [0.15, 0.2) is 0 Å². The molecule has 0 aliphatic heterocycles. The van der Waals surface area contributed by atoms with Gasteiger partial charge in [-0.2, -0.15) is 0 Å². The lowest BCUT2D eigenvalue weighted by Gasteiger charge is -2.20. The summed E-state index contributed by atoms with van der Waals surface area (Å²) in [6, 6.07) is 9.06. The van der Waals surface area contributed by atoms with Gasteiger partial charge >= 0.3 is 0 Å². The van der Waals surface area contributed by atoms with Crippen molar-refractivity contribution in [1.29, 1.82) is 0 Å². The summed E-state index contributed by atoms with van der Waals surface area (Å²) < 4.78 is 1.14. The Morgan fingerprint density at radius 3 is 2.41 bits per heavy atom. The fourth-order valence-electron chi connectivity index (χ4n) is 1.78. The maximum Gasteiger partial charge on any atom is 0.0318 e. The predicted molar refractivity (Wildman–Crippen MR) is 78.3 cm³/mol. The Labute approximate surface area is 114 Å². The minimum Gasteiger partial charge on any atom is -0.309 e.